The molecule has 0 bridgehead atoms. The minimum absolute atomic E-state index is 0.0967. The molecular weight excluding hydrogens is 733 g/mol. The Bertz CT molecular complexity index is 1130. The van der Waals surface area contributed by atoms with Crippen molar-refractivity contribution in [3.05, 3.63) is 72.9 Å². The Kier molecular flexibility index (Phi) is 45.0. The summed E-state index contributed by atoms with van der Waals surface area (Å²) in [6, 6.07) is 0. The molecule has 0 aliphatic heterocycles. The van der Waals surface area contributed by atoms with Gasteiger partial charge in [0.1, 0.15) is 13.2 Å². The number of esters is 3. The van der Waals surface area contributed by atoms with Crippen LogP contribution in [-0.2, 0) is 28.6 Å². The smallest absolute Gasteiger partial charge is 0.310 e. The van der Waals surface area contributed by atoms with Crippen LogP contribution in [-0.4, -0.2) is 37.2 Å². The highest BCUT2D eigenvalue weighted by Crippen LogP contribution is 2.13. The van der Waals surface area contributed by atoms with E-state index >= 15 is 0 Å². The number of unbranched alkanes of at least 4 members (excludes halogenated alkanes) is 21. The van der Waals surface area contributed by atoms with Crippen molar-refractivity contribution in [2.75, 3.05) is 13.2 Å². The Balaban J connectivity index is 4.49. The summed E-state index contributed by atoms with van der Waals surface area (Å²) in [5.74, 6) is -1.06. The molecule has 0 N–H and O–H groups in total. The predicted octanol–water partition coefficient (Wildman–Crippen LogP) is 15.9. The van der Waals surface area contributed by atoms with Crippen LogP contribution >= 0.6 is 0 Å². The molecule has 0 aliphatic carbocycles. The van der Waals surface area contributed by atoms with E-state index in [2.05, 4.69) is 81.5 Å². The highest BCUT2D eigenvalue weighted by Gasteiger charge is 2.19. The first-order valence-electron chi connectivity index (χ1n) is 24.4. The van der Waals surface area contributed by atoms with Crippen molar-refractivity contribution in [2.45, 2.75) is 232 Å². The molecular formula is C53H90O6. The van der Waals surface area contributed by atoms with Crippen LogP contribution in [0.5, 0.6) is 0 Å². The molecule has 0 heterocycles. The van der Waals surface area contributed by atoms with Gasteiger partial charge in [-0.15, -0.1) is 0 Å². The van der Waals surface area contributed by atoms with Gasteiger partial charge >= 0.3 is 17.9 Å². The Labute approximate surface area is 363 Å². The molecule has 0 rings (SSSR count). The molecule has 0 aliphatic rings. The summed E-state index contributed by atoms with van der Waals surface area (Å²) in [7, 11) is 0. The Hall–Kier alpha value is -3.15. The highest BCUT2D eigenvalue weighted by atomic mass is 16.6. The molecule has 59 heavy (non-hydrogen) atoms. The second-order valence-electron chi connectivity index (χ2n) is 16.0. The summed E-state index contributed by atoms with van der Waals surface area (Å²) in [6.07, 6.45) is 59.1. The van der Waals surface area contributed by atoms with Crippen molar-refractivity contribution in [3.8, 4) is 0 Å². The Morgan fingerprint density at radius 1 is 0.373 bits per heavy atom. The van der Waals surface area contributed by atoms with Gasteiger partial charge < -0.3 is 14.2 Å². The number of rotatable bonds is 43. The monoisotopic (exact) mass is 823 g/mol. The quantitative estimate of drug-likeness (QED) is 0.0264. The van der Waals surface area contributed by atoms with Crippen molar-refractivity contribution in [3.63, 3.8) is 0 Å². The maximum atomic E-state index is 12.7. The van der Waals surface area contributed by atoms with E-state index in [0.717, 1.165) is 83.5 Å². The fraction of sp³-hybridized carbons (Fsp3) is 0.717. The van der Waals surface area contributed by atoms with Gasteiger partial charge in [-0.25, -0.2) is 0 Å². The van der Waals surface area contributed by atoms with Crippen LogP contribution in [0.2, 0.25) is 0 Å². The standard InChI is InChI=1S/C53H90O6/c1-4-7-10-13-16-19-22-24-26-28-29-31-34-37-40-43-46-52(55)58-49-50(48-57-51(54)45-42-39-36-33-21-18-15-12-9-6-3)59-53(56)47-44-41-38-35-32-30-27-25-23-20-17-14-11-8-5-2/h8,11,17,20,25-28,32,35,41,44,50H,4-7,9-10,12-16,18-19,21-24,29-31,33-34,36-40,42-43,45-49H2,1-3H3/b11-8-,20-17-,27-25-,28-26-,35-32-,44-41-. The van der Waals surface area contributed by atoms with Gasteiger partial charge in [0.15, 0.2) is 6.10 Å². The van der Waals surface area contributed by atoms with Gasteiger partial charge in [-0.2, -0.15) is 0 Å². The van der Waals surface area contributed by atoms with Gasteiger partial charge in [0.25, 0.3) is 0 Å². The first-order valence-corrected chi connectivity index (χ1v) is 24.4. The normalized spacial score (nSPS) is 12.7. The van der Waals surface area contributed by atoms with Crippen LogP contribution < -0.4 is 0 Å². The van der Waals surface area contributed by atoms with Crippen LogP contribution in [0.4, 0.5) is 0 Å². The average molecular weight is 823 g/mol. The largest absolute Gasteiger partial charge is 0.462 e. The molecule has 0 saturated heterocycles. The van der Waals surface area contributed by atoms with Gasteiger partial charge in [0.2, 0.25) is 0 Å². The van der Waals surface area contributed by atoms with Crippen LogP contribution in [0.15, 0.2) is 72.9 Å². The third kappa shape index (κ3) is 45.8. The summed E-state index contributed by atoms with van der Waals surface area (Å²) in [5, 5.41) is 0. The number of carbonyl (C=O) groups is 3. The number of carbonyl (C=O) groups excluding carboxylic acids is 3. The first-order chi connectivity index (χ1) is 29.0. The SMILES string of the molecule is CC/C=C\C/C=C\C/C=C\C/C=C\C/C=C\CC(=O)OC(COC(=O)CCCCCCC/C=C\CCCCCCCCC)COC(=O)CCCCCCCCCCCC. The molecule has 6 nitrogen and oxygen atoms in total. The summed E-state index contributed by atoms with van der Waals surface area (Å²) in [5.41, 5.74) is 0. The lowest BCUT2D eigenvalue weighted by atomic mass is 10.1. The van der Waals surface area contributed by atoms with Crippen molar-refractivity contribution >= 4 is 17.9 Å². The molecule has 0 amide bonds. The predicted molar refractivity (Wildman–Crippen MR) is 251 cm³/mol. The van der Waals surface area contributed by atoms with Gasteiger partial charge in [-0.05, 0) is 70.6 Å². The second kappa shape index (κ2) is 47.5. The van der Waals surface area contributed by atoms with Gasteiger partial charge in [-0.3, -0.25) is 14.4 Å². The molecule has 1 atom stereocenters. The number of hydrogen-bond donors (Lipinski definition) is 0. The minimum Gasteiger partial charge on any atom is -0.462 e. The van der Waals surface area contributed by atoms with E-state index in [1.165, 1.54) is 103 Å². The summed E-state index contributed by atoms with van der Waals surface area (Å²) in [4.78, 5) is 37.8. The second-order valence-corrected chi connectivity index (χ2v) is 16.0. The van der Waals surface area contributed by atoms with Crippen molar-refractivity contribution in [1.82, 2.24) is 0 Å². The van der Waals surface area contributed by atoms with E-state index in [9.17, 15) is 14.4 Å². The molecule has 0 spiro atoms. The number of ether oxygens (including phenoxy) is 3. The van der Waals surface area contributed by atoms with E-state index in [4.69, 9.17) is 14.2 Å². The zero-order valence-electron chi connectivity index (χ0n) is 38.5. The molecule has 6 heteroatoms. The van der Waals surface area contributed by atoms with E-state index in [1.54, 1.807) is 6.08 Å². The molecule has 1 unspecified atom stereocenters. The molecule has 0 aromatic rings. The minimum atomic E-state index is -0.829. The van der Waals surface area contributed by atoms with E-state index in [-0.39, 0.29) is 31.6 Å². The first kappa shape index (κ1) is 55.9. The van der Waals surface area contributed by atoms with Gasteiger partial charge in [0, 0.05) is 12.8 Å². The fourth-order valence-electron chi connectivity index (χ4n) is 6.57. The molecule has 0 aromatic carbocycles. The molecule has 0 radical (unpaired) electrons. The summed E-state index contributed by atoms with van der Waals surface area (Å²) >= 11 is 0. The average Bonchev–Trinajstić information content (AvgIpc) is 3.23. The number of allylic oxidation sites excluding steroid dienone is 11. The van der Waals surface area contributed by atoms with Crippen molar-refractivity contribution < 1.29 is 28.6 Å². The summed E-state index contributed by atoms with van der Waals surface area (Å²) < 4.78 is 16.6. The van der Waals surface area contributed by atoms with E-state index in [0.29, 0.717) is 12.8 Å². The Morgan fingerprint density at radius 3 is 1.10 bits per heavy atom. The third-order valence-corrected chi connectivity index (χ3v) is 10.2. The van der Waals surface area contributed by atoms with Crippen LogP contribution in [0.3, 0.4) is 0 Å². The van der Waals surface area contributed by atoms with Crippen LogP contribution in [0, 0.1) is 0 Å². The van der Waals surface area contributed by atoms with Gasteiger partial charge in [-0.1, -0.05) is 209 Å². The molecule has 0 saturated carbocycles. The topological polar surface area (TPSA) is 78.9 Å². The third-order valence-electron chi connectivity index (χ3n) is 10.2. The van der Waals surface area contributed by atoms with Crippen molar-refractivity contribution in [1.29, 1.82) is 0 Å². The lowest BCUT2D eigenvalue weighted by Crippen LogP contribution is -2.30. The van der Waals surface area contributed by atoms with Crippen LogP contribution in [0.25, 0.3) is 0 Å². The lowest BCUT2D eigenvalue weighted by Gasteiger charge is -2.18. The number of hydrogen-bond acceptors (Lipinski definition) is 6. The Morgan fingerprint density at radius 2 is 0.712 bits per heavy atom. The summed E-state index contributed by atoms with van der Waals surface area (Å²) in [6.45, 7) is 6.41. The van der Waals surface area contributed by atoms with Gasteiger partial charge in [0.05, 0.1) is 6.42 Å². The zero-order chi connectivity index (χ0) is 43.0. The maximum absolute atomic E-state index is 12.7. The van der Waals surface area contributed by atoms with E-state index in [1.807, 2.05) is 6.08 Å². The molecule has 0 aromatic heterocycles. The van der Waals surface area contributed by atoms with Crippen molar-refractivity contribution in [2.24, 2.45) is 0 Å². The highest BCUT2D eigenvalue weighted by molar-refractivity contribution is 5.72. The molecule has 338 valence electrons. The fourth-order valence-corrected chi connectivity index (χ4v) is 6.57. The zero-order valence-corrected chi connectivity index (χ0v) is 38.5. The molecule has 0 fully saturated rings. The van der Waals surface area contributed by atoms with E-state index < -0.39 is 12.1 Å². The maximum Gasteiger partial charge on any atom is 0.310 e. The lowest BCUT2D eigenvalue weighted by molar-refractivity contribution is -0.166. The van der Waals surface area contributed by atoms with Crippen LogP contribution in [0.1, 0.15) is 226 Å².